The summed E-state index contributed by atoms with van der Waals surface area (Å²) in [5.41, 5.74) is 1.54. The van der Waals surface area contributed by atoms with Gasteiger partial charge < -0.3 is 5.32 Å². The molecule has 0 saturated carbocycles. The van der Waals surface area contributed by atoms with E-state index in [0.717, 1.165) is 11.4 Å². The van der Waals surface area contributed by atoms with Crippen LogP contribution in [0.5, 0.6) is 0 Å². The van der Waals surface area contributed by atoms with Crippen molar-refractivity contribution < 1.29 is 4.79 Å². The Labute approximate surface area is 125 Å². The van der Waals surface area contributed by atoms with Crippen LogP contribution in [0, 0.1) is 6.92 Å². The Hall–Kier alpha value is -1.23. The van der Waals surface area contributed by atoms with Crippen LogP contribution in [-0.2, 0) is 4.79 Å². The van der Waals surface area contributed by atoms with E-state index in [4.69, 9.17) is 34.8 Å². The lowest BCUT2D eigenvalue weighted by Gasteiger charge is -2.12. The zero-order valence-electron chi connectivity index (χ0n) is 9.90. The Morgan fingerprint density at radius 1 is 1.26 bits per heavy atom. The third-order valence-electron chi connectivity index (χ3n) is 2.33. The summed E-state index contributed by atoms with van der Waals surface area (Å²) in [5.74, 6) is -0.283. The Kier molecular flexibility index (Phi) is 4.04. The number of alkyl halides is 3. The fraction of sp³-hybridized carbons (Fsp3) is 0.167. The third kappa shape index (κ3) is 3.41. The average molecular weight is 319 g/mol. The van der Waals surface area contributed by atoms with Gasteiger partial charge in [0.2, 0.25) is 0 Å². The van der Waals surface area contributed by atoms with E-state index >= 15 is 0 Å². The highest BCUT2D eigenvalue weighted by atomic mass is 35.6. The molecule has 0 radical (unpaired) electrons. The van der Waals surface area contributed by atoms with Gasteiger partial charge in [-0.05, 0) is 19.1 Å². The molecular weight excluding hydrogens is 309 g/mol. The standard InChI is InChI=1S/C12H10Cl3N3O/c1-8-7-10(16-11(19)12(13,14)15)18(17-8)9-5-3-2-4-6-9/h2-7H,1H3,(H,16,19). The Bertz CT molecular complexity index is 590. The van der Waals surface area contributed by atoms with Gasteiger partial charge in [0.1, 0.15) is 5.82 Å². The summed E-state index contributed by atoms with van der Waals surface area (Å²) in [6.07, 6.45) is 0. The van der Waals surface area contributed by atoms with Gasteiger partial charge in [-0.15, -0.1) is 0 Å². The number of amides is 1. The van der Waals surface area contributed by atoms with Crippen LogP contribution >= 0.6 is 34.8 Å². The quantitative estimate of drug-likeness (QED) is 0.862. The largest absolute Gasteiger partial charge is 0.307 e. The topological polar surface area (TPSA) is 46.9 Å². The van der Waals surface area contributed by atoms with E-state index in [-0.39, 0.29) is 0 Å². The second-order valence-electron chi connectivity index (χ2n) is 3.87. The zero-order chi connectivity index (χ0) is 14.0. The van der Waals surface area contributed by atoms with Crippen molar-refractivity contribution in [1.29, 1.82) is 0 Å². The fourth-order valence-electron chi connectivity index (χ4n) is 1.54. The van der Waals surface area contributed by atoms with Crippen molar-refractivity contribution in [3.8, 4) is 5.69 Å². The molecule has 1 heterocycles. The summed E-state index contributed by atoms with van der Waals surface area (Å²) in [7, 11) is 0. The van der Waals surface area contributed by atoms with Gasteiger partial charge in [0.15, 0.2) is 0 Å². The molecule has 2 aromatic rings. The lowest BCUT2D eigenvalue weighted by atomic mass is 10.3. The number of carbonyl (C=O) groups is 1. The molecule has 0 spiro atoms. The second-order valence-corrected chi connectivity index (χ2v) is 6.15. The van der Waals surface area contributed by atoms with E-state index < -0.39 is 9.70 Å². The van der Waals surface area contributed by atoms with Crippen molar-refractivity contribution >= 4 is 46.5 Å². The molecule has 0 unspecified atom stereocenters. The van der Waals surface area contributed by atoms with Crippen molar-refractivity contribution in [3.05, 3.63) is 42.1 Å². The summed E-state index contributed by atoms with van der Waals surface area (Å²) in [5, 5.41) is 6.82. The molecule has 7 heteroatoms. The van der Waals surface area contributed by atoms with Crippen molar-refractivity contribution in [2.75, 3.05) is 5.32 Å². The van der Waals surface area contributed by atoms with Gasteiger partial charge in [-0.1, -0.05) is 53.0 Å². The minimum Gasteiger partial charge on any atom is -0.307 e. The van der Waals surface area contributed by atoms with Crippen molar-refractivity contribution in [3.63, 3.8) is 0 Å². The molecule has 0 aliphatic carbocycles. The fourth-order valence-corrected chi connectivity index (χ4v) is 1.68. The van der Waals surface area contributed by atoms with Gasteiger partial charge in [-0.3, -0.25) is 4.79 Å². The number of rotatable bonds is 2. The molecule has 2 rings (SSSR count). The van der Waals surface area contributed by atoms with Crippen LogP contribution in [0.1, 0.15) is 5.69 Å². The van der Waals surface area contributed by atoms with Gasteiger partial charge in [-0.25, -0.2) is 4.68 Å². The molecule has 19 heavy (non-hydrogen) atoms. The van der Waals surface area contributed by atoms with Crippen molar-refractivity contribution in [2.45, 2.75) is 10.7 Å². The number of para-hydroxylation sites is 1. The van der Waals surface area contributed by atoms with Gasteiger partial charge in [0.05, 0.1) is 11.4 Å². The third-order valence-corrected chi connectivity index (χ3v) is 2.85. The Morgan fingerprint density at radius 3 is 2.47 bits per heavy atom. The minimum atomic E-state index is -2.01. The smallest absolute Gasteiger partial charge is 0.277 e. The molecule has 100 valence electrons. The van der Waals surface area contributed by atoms with E-state index in [1.54, 1.807) is 10.7 Å². The van der Waals surface area contributed by atoms with E-state index in [9.17, 15) is 4.79 Å². The van der Waals surface area contributed by atoms with E-state index in [0.29, 0.717) is 5.82 Å². The molecule has 0 aliphatic heterocycles. The maximum Gasteiger partial charge on any atom is 0.277 e. The number of hydrogen-bond donors (Lipinski definition) is 1. The first-order valence-electron chi connectivity index (χ1n) is 5.38. The number of halogens is 3. The normalized spacial score (nSPS) is 11.4. The van der Waals surface area contributed by atoms with Crippen LogP contribution in [-0.4, -0.2) is 19.5 Å². The predicted molar refractivity (Wildman–Crippen MR) is 77.2 cm³/mol. The number of anilines is 1. The van der Waals surface area contributed by atoms with E-state index in [1.807, 2.05) is 37.3 Å². The van der Waals surface area contributed by atoms with Crippen LogP contribution in [0.2, 0.25) is 0 Å². The van der Waals surface area contributed by atoms with E-state index in [1.165, 1.54) is 0 Å². The van der Waals surface area contributed by atoms with Crippen LogP contribution in [0.3, 0.4) is 0 Å². The molecule has 0 fully saturated rings. The van der Waals surface area contributed by atoms with Crippen molar-refractivity contribution in [1.82, 2.24) is 9.78 Å². The molecular formula is C12H10Cl3N3O. The summed E-state index contributed by atoms with van der Waals surface area (Å²) in [6, 6.07) is 11.0. The monoisotopic (exact) mass is 317 g/mol. The minimum absolute atomic E-state index is 0.444. The highest BCUT2D eigenvalue weighted by molar-refractivity contribution is 6.76. The van der Waals surface area contributed by atoms with E-state index in [2.05, 4.69) is 10.4 Å². The number of nitrogens with zero attached hydrogens (tertiary/aromatic N) is 2. The van der Waals surface area contributed by atoms with Crippen LogP contribution in [0.25, 0.3) is 5.69 Å². The molecule has 0 atom stereocenters. The molecule has 0 aliphatic rings. The summed E-state index contributed by atoms with van der Waals surface area (Å²) < 4.78 is -0.441. The van der Waals surface area contributed by atoms with Gasteiger partial charge in [0.25, 0.3) is 9.70 Å². The van der Waals surface area contributed by atoms with Crippen LogP contribution < -0.4 is 5.32 Å². The zero-order valence-corrected chi connectivity index (χ0v) is 12.2. The summed E-state index contributed by atoms with van der Waals surface area (Å²) in [6.45, 7) is 1.81. The number of aryl methyl sites for hydroxylation is 1. The summed E-state index contributed by atoms with van der Waals surface area (Å²) in [4.78, 5) is 11.7. The lowest BCUT2D eigenvalue weighted by molar-refractivity contribution is -0.115. The molecule has 1 amide bonds. The maximum absolute atomic E-state index is 11.7. The SMILES string of the molecule is Cc1cc(NC(=O)C(Cl)(Cl)Cl)n(-c2ccccc2)n1. The van der Waals surface area contributed by atoms with Gasteiger partial charge in [0, 0.05) is 6.07 Å². The predicted octanol–water partition coefficient (Wildman–Crippen LogP) is 3.49. The molecule has 0 saturated heterocycles. The maximum atomic E-state index is 11.7. The number of hydrogen-bond acceptors (Lipinski definition) is 2. The molecule has 1 N–H and O–H groups in total. The first-order chi connectivity index (χ1) is 8.88. The molecule has 1 aromatic carbocycles. The van der Waals surface area contributed by atoms with Gasteiger partial charge >= 0.3 is 0 Å². The average Bonchev–Trinajstić information content (AvgIpc) is 2.70. The lowest BCUT2D eigenvalue weighted by Crippen LogP contribution is -2.28. The van der Waals surface area contributed by atoms with Crippen LogP contribution in [0.15, 0.2) is 36.4 Å². The molecule has 0 bridgehead atoms. The summed E-state index contributed by atoms with van der Waals surface area (Å²) >= 11 is 16.6. The highest BCUT2D eigenvalue weighted by Gasteiger charge is 2.31. The second kappa shape index (κ2) is 5.41. The highest BCUT2D eigenvalue weighted by Crippen LogP contribution is 2.28. The Morgan fingerprint density at radius 2 is 1.89 bits per heavy atom. The van der Waals surface area contributed by atoms with Crippen LogP contribution in [0.4, 0.5) is 5.82 Å². The first-order valence-corrected chi connectivity index (χ1v) is 6.51. The first kappa shape index (κ1) is 14.2. The number of aromatic nitrogens is 2. The Balaban J connectivity index is 2.35. The molecule has 4 nitrogen and oxygen atoms in total. The van der Waals surface area contributed by atoms with Gasteiger partial charge in [-0.2, -0.15) is 5.10 Å². The van der Waals surface area contributed by atoms with Crippen molar-refractivity contribution in [2.24, 2.45) is 0 Å². The number of nitrogens with one attached hydrogen (secondary N) is 1. The number of carbonyl (C=O) groups excluding carboxylic acids is 1. The molecule has 1 aromatic heterocycles. The number of benzene rings is 1.